The highest BCUT2D eigenvalue weighted by atomic mass is 79.9. The molecule has 1 aromatic rings. The molecule has 82 valence electrons. The number of carboxylic acids is 1. The van der Waals surface area contributed by atoms with Gasteiger partial charge in [-0.15, -0.1) is 0 Å². The van der Waals surface area contributed by atoms with E-state index in [0.29, 0.717) is 5.75 Å². The van der Waals surface area contributed by atoms with Crippen LogP contribution in [0.25, 0.3) is 0 Å². The van der Waals surface area contributed by atoms with Crippen molar-refractivity contribution in [1.82, 2.24) is 0 Å². The third kappa shape index (κ3) is 3.48. The summed E-state index contributed by atoms with van der Waals surface area (Å²) in [6.45, 7) is -0.0729. The van der Waals surface area contributed by atoms with E-state index in [4.69, 9.17) is 15.6 Å². The van der Waals surface area contributed by atoms with E-state index < -0.39 is 12.0 Å². The van der Waals surface area contributed by atoms with Crippen molar-refractivity contribution in [3.8, 4) is 5.75 Å². The molecule has 0 aliphatic carbocycles. The first-order chi connectivity index (χ1) is 7.02. The second kappa shape index (κ2) is 5.48. The number of hydrogen-bond donors (Lipinski definition) is 2. The summed E-state index contributed by atoms with van der Waals surface area (Å²) in [6.07, 6.45) is 0. The highest BCUT2D eigenvalue weighted by molar-refractivity contribution is 9.11. The van der Waals surface area contributed by atoms with Crippen LogP contribution in [0, 0.1) is 0 Å². The fraction of sp³-hybridized carbons (Fsp3) is 0.222. The van der Waals surface area contributed by atoms with Crippen molar-refractivity contribution in [3.05, 3.63) is 27.1 Å². The van der Waals surface area contributed by atoms with Gasteiger partial charge in [0.05, 0.1) is 8.95 Å². The lowest BCUT2D eigenvalue weighted by Crippen LogP contribution is -2.36. The van der Waals surface area contributed by atoms with Crippen LogP contribution in [-0.4, -0.2) is 23.7 Å². The fourth-order valence-electron chi connectivity index (χ4n) is 0.865. The first kappa shape index (κ1) is 12.5. The molecule has 0 fully saturated rings. The molecule has 0 heterocycles. The van der Waals surface area contributed by atoms with E-state index >= 15 is 0 Å². The van der Waals surface area contributed by atoms with E-state index in [0.717, 1.165) is 8.95 Å². The Bertz CT molecular complexity index is 350. The van der Waals surface area contributed by atoms with Crippen molar-refractivity contribution in [2.75, 3.05) is 6.61 Å². The van der Waals surface area contributed by atoms with Crippen LogP contribution in [0.1, 0.15) is 0 Å². The average Bonchev–Trinajstić information content (AvgIpc) is 2.16. The van der Waals surface area contributed by atoms with E-state index in [2.05, 4.69) is 31.9 Å². The number of hydrogen-bond acceptors (Lipinski definition) is 3. The summed E-state index contributed by atoms with van der Waals surface area (Å²) < 4.78 is 6.78. The third-order valence-corrected chi connectivity index (χ3v) is 2.89. The Balaban J connectivity index is 2.69. The lowest BCUT2D eigenvalue weighted by atomic mass is 10.3. The fourth-order valence-corrected chi connectivity index (χ4v) is 2.09. The molecule has 0 spiro atoms. The van der Waals surface area contributed by atoms with Crippen LogP contribution in [0.4, 0.5) is 0 Å². The molecule has 1 rings (SSSR count). The number of carbonyl (C=O) groups is 1. The van der Waals surface area contributed by atoms with Gasteiger partial charge in [0.15, 0.2) is 0 Å². The van der Waals surface area contributed by atoms with Gasteiger partial charge in [-0.3, -0.25) is 4.79 Å². The van der Waals surface area contributed by atoms with Crippen molar-refractivity contribution in [2.24, 2.45) is 5.73 Å². The Kier molecular flexibility index (Phi) is 4.56. The van der Waals surface area contributed by atoms with E-state index in [1.54, 1.807) is 12.1 Å². The monoisotopic (exact) mass is 337 g/mol. The van der Waals surface area contributed by atoms with E-state index in [1.165, 1.54) is 0 Å². The van der Waals surface area contributed by atoms with Crippen LogP contribution in [-0.2, 0) is 4.79 Å². The van der Waals surface area contributed by atoms with Crippen LogP contribution in [0.15, 0.2) is 27.1 Å². The molecule has 0 unspecified atom stereocenters. The molecule has 0 aliphatic heterocycles. The third-order valence-electron chi connectivity index (χ3n) is 1.64. The summed E-state index contributed by atoms with van der Waals surface area (Å²) in [5.74, 6) is -0.535. The first-order valence-corrected chi connectivity index (χ1v) is 5.66. The van der Waals surface area contributed by atoms with Crippen molar-refractivity contribution in [2.45, 2.75) is 6.04 Å². The number of aliphatic carboxylic acids is 1. The molecule has 6 heteroatoms. The second-order valence-corrected chi connectivity index (χ2v) is 4.52. The molecule has 1 aromatic carbocycles. The molecule has 0 aliphatic rings. The van der Waals surface area contributed by atoms with Crippen LogP contribution < -0.4 is 10.5 Å². The minimum atomic E-state index is -1.09. The highest BCUT2D eigenvalue weighted by Crippen LogP contribution is 2.32. The topological polar surface area (TPSA) is 72.5 Å². The van der Waals surface area contributed by atoms with Crippen LogP contribution in [0.3, 0.4) is 0 Å². The number of carboxylic acid groups (broad SMARTS) is 1. The second-order valence-electron chi connectivity index (χ2n) is 2.81. The van der Waals surface area contributed by atoms with Gasteiger partial charge in [-0.25, -0.2) is 0 Å². The summed E-state index contributed by atoms with van der Waals surface area (Å²) >= 11 is 6.58. The lowest BCUT2D eigenvalue weighted by Gasteiger charge is -2.12. The van der Waals surface area contributed by atoms with Gasteiger partial charge in [0.1, 0.15) is 18.4 Å². The maximum atomic E-state index is 10.5. The molecule has 1 atom stereocenters. The van der Waals surface area contributed by atoms with E-state index in [1.807, 2.05) is 6.07 Å². The zero-order valence-corrected chi connectivity index (χ0v) is 10.8. The van der Waals surface area contributed by atoms with Gasteiger partial charge in [-0.2, -0.15) is 0 Å². The molecule has 0 saturated carbocycles. The average molecular weight is 339 g/mol. The largest absolute Gasteiger partial charge is 0.489 e. The van der Waals surface area contributed by atoms with E-state index in [-0.39, 0.29) is 6.61 Å². The maximum Gasteiger partial charge on any atom is 0.324 e. The Labute approximate surface area is 104 Å². The zero-order valence-electron chi connectivity index (χ0n) is 7.61. The van der Waals surface area contributed by atoms with Crippen molar-refractivity contribution >= 4 is 37.8 Å². The van der Waals surface area contributed by atoms with Gasteiger partial charge in [-0.1, -0.05) is 6.07 Å². The molecule has 0 radical (unpaired) electrons. The van der Waals surface area contributed by atoms with Crippen molar-refractivity contribution < 1.29 is 14.6 Å². The molecular weight excluding hydrogens is 330 g/mol. The van der Waals surface area contributed by atoms with E-state index in [9.17, 15) is 4.79 Å². The minimum Gasteiger partial charge on any atom is -0.489 e. The Morgan fingerprint density at radius 3 is 2.47 bits per heavy atom. The summed E-state index contributed by atoms with van der Waals surface area (Å²) in [5, 5.41) is 8.57. The van der Waals surface area contributed by atoms with Crippen LogP contribution in [0.2, 0.25) is 0 Å². The zero-order chi connectivity index (χ0) is 11.4. The molecule has 0 aromatic heterocycles. The summed E-state index contributed by atoms with van der Waals surface area (Å²) in [5.41, 5.74) is 5.31. The predicted octanol–water partition coefficient (Wildman–Crippen LogP) is 2.00. The Morgan fingerprint density at radius 2 is 2.00 bits per heavy atom. The molecule has 0 bridgehead atoms. The highest BCUT2D eigenvalue weighted by Gasteiger charge is 2.14. The smallest absolute Gasteiger partial charge is 0.324 e. The van der Waals surface area contributed by atoms with Gasteiger partial charge < -0.3 is 15.6 Å². The number of para-hydroxylation sites is 1. The first-order valence-electron chi connectivity index (χ1n) is 4.07. The Morgan fingerprint density at radius 1 is 1.47 bits per heavy atom. The number of ether oxygens (including phenoxy) is 1. The molecule has 15 heavy (non-hydrogen) atoms. The summed E-state index contributed by atoms with van der Waals surface area (Å²) in [4.78, 5) is 10.5. The van der Waals surface area contributed by atoms with Gasteiger partial charge >= 0.3 is 5.97 Å². The SMILES string of the molecule is N[C@@H](COc1c(Br)cccc1Br)C(=O)O. The normalized spacial score (nSPS) is 12.2. The molecule has 0 amide bonds. The number of benzene rings is 1. The van der Waals surface area contributed by atoms with Crippen molar-refractivity contribution in [3.63, 3.8) is 0 Å². The maximum absolute atomic E-state index is 10.5. The lowest BCUT2D eigenvalue weighted by molar-refractivity contribution is -0.139. The number of rotatable bonds is 4. The number of halogens is 2. The molecule has 3 N–H and O–H groups in total. The Hall–Kier alpha value is -0.590. The molecule has 4 nitrogen and oxygen atoms in total. The standard InChI is InChI=1S/C9H9Br2NO3/c10-5-2-1-3-6(11)8(5)15-4-7(12)9(13)14/h1-3,7H,4,12H2,(H,13,14)/t7-/m0/s1. The van der Waals surface area contributed by atoms with Crippen molar-refractivity contribution in [1.29, 1.82) is 0 Å². The summed E-state index contributed by atoms with van der Waals surface area (Å²) in [6, 6.07) is 4.40. The number of nitrogens with two attached hydrogens (primary N) is 1. The van der Waals surface area contributed by atoms with Gasteiger partial charge in [0, 0.05) is 0 Å². The van der Waals surface area contributed by atoms with Crippen LogP contribution >= 0.6 is 31.9 Å². The van der Waals surface area contributed by atoms with Gasteiger partial charge in [0.2, 0.25) is 0 Å². The van der Waals surface area contributed by atoms with Crippen LogP contribution in [0.5, 0.6) is 5.75 Å². The predicted molar refractivity (Wildman–Crippen MR) is 62.9 cm³/mol. The summed E-state index contributed by atoms with van der Waals surface area (Å²) in [7, 11) is 0. The quantitative estimate of drug-likeness (QED) is 0.880. The molecular formula is C9H9Br2NO3. The molecule has 0 saturated heterocycles. The minimum absolute atomic E-state index is 0.0729. The van der Waals surface area contributed by atoms with Gasteiger partial charge in [-0.05, 0) is 44.0 Å². The van der Waals surface area contributed by atoms with Gasteiger partial charge in [0.25, 0.3) is 0 Å².